The first-order chi connectivity index (χ1) is 11.9. The van der Waals surface area contributed by atoms with E-state index in [2.05, 4.69) is 4.72 Å². The number of ether oxygens (including phenoxy) is 1. The summed E-state index contributed by atoms with van der Waals surface area (Å²) in [6, 6.07) is 14.8. The van der Waals surface area contributed by atoms with E-state index in [1.165, 1.54) is 0 Å². The van der Waals surface area contributed by atoms with Gasteiger partial charge in [-0.2, -0.15) is 0 Å². The normalized spacial score (nSPS) is 12.6. The van der Waals surface area contributed by atoms with Gasteiger partial charge in [0, 0.05) is 12.1 Å². The molecule has 0 saturated heterocycles. The smallest absolute Gasteiger partial charge is 0.211 e. The summed E-state index contributed by atoms with van der Waals surface area (Å²) in [4.78, 5) is 11.1. The second-order valence-corrected chi connectivity index (χ2v) is 7.75. The second kappa shape index (κ2) is 8.78. The summed E-state index contributed by atoms with van der Waals surface area (Å²) in [5.41, 5.74) is 2.42. The maximum atomic E-state index is 11.7. The summed E-state index contributed by atoms with van der Waals surface area (Å²) < 4.78 is 31.6. The van der Waals surface area contributed by atoms with Crippen LogP contribution in [0.1, 0.15) is 30.6 Å². The van der Waals surface area contributed by atoms with E-state index in [1.54, 1.807) is 6.07 Å². The lowest BCUT2D eigenvalue weighted by atomic mass is 10.0. The van der Waals surface area contributed by atoms with E-state index in [0.29, 0.717) is 17.7 Å². The molecule has 1 atom stereocenters. The van der Waals surface area contributed by atoms with Crippen LogP contribution in [0.4, 0.5) is 0 Å². The molecule has 6 heteroatoms. The largest absolute Gasteiger partial charge is 0.489 e. The fraction of sp³-hybridized carbons (Fsp3) is 0.316. The van der Waals surface area contributed by atoms with Gasteiger partial charge in [0.25, 0.3) is 0 Å². The van der Waals surface area contributed by atoms with Crippen molar-refractivity contribution in [3.63, 3.8) is 0 Å². The lowest BCUT2D eigenvalue weighted by Crippen LogP contribution is -2.34. The molecular weight excluding hydrogens is 338 g/mol. The topological polar surface area (TPSA) is 72.5 Å². The minimum atomic E-state index is -3.23. The van der Waals surface area contributed by atoms with Gasteiger partial charge in [-0.05, 0) is 36.6 Å². The van der Waals surface area contributed by atoms with E-state index >= 15 is 0 Å². The van der Waals surface area contributed by atoms with Gasteiger partial charge in [-0.1, -0.05) is 43.3 Å². The van der Waals surface area contributed by atoms with Crippen molar-refractivity contribution < 1.29 is 17.9 Å². The van der Waals surface area contributed by atoms with E-state index in [4.69, 9.17) is 4.74 Å². The Hall–Kier alpha value is -2.18. The molecule has 0 aliphatic carbocycles. The maximum absolute atomic E-state index is 11.7. The van der Waals surface area contributed by atoms with Gasteiger partial charge in [0.2, 0.25) is 10.0 Å². The molecule has 134 valence electrons. The quantitative estimate of drug-likeness (QED) is 0.696. The zero-order valence-corrected chi connectivity index (χ0v) is 15.3. The molecule has 0 bridgehead atoms. The number of carbonyl (C=O) groups is 1. The van der Waals surface area contributed by atoms with E-state index in [1.807, 2.05) is 56.3 Å². The molecule has 1 unspecified atom stereocenters. The van der Waals surface area contributed by atoms with Crippen LogP contribution in [-0.2, 0) is 10.0 Å². The number of nitrogens with one attached hydrogen (secondary N) is 1. The minimum absolute atomic E-state index is 0.116. The van der Waals surface area contributed by atoms with Crippen molar-refractivity contribution in [3.8, 4) is 16.9 Å². The van der Waals surface area contributed by atoms with Crippen LogP contribution in [0.15, 0.2) is 48.5 Å². The third-order valence-corrected chi connectivity index (χ3v) is 5.21. The lowest BCUT2D eigenvalue weighted by Gasteiger charge is -2.16. The average molecular weight is 361 g/mol. The third kappa shape index (κ3) is 5.69. The Morgan fingerprint density at radius 2 is 1.80 bits per heavy atom. The van der Waals surface area contributed by atoms with Crippen LogP contribution in [0, 0.1) is 0 Å². The molecule has 0 aliphatic heterocycles. The van der Waals surface area contributed by atoms with Crippen LogP contribution in [0.5, 0.6) is 5.75 Å². The zero-order valence-electron chi connectivity index (χ0n) is 14.4. The van der Waals surface area contributed by atoms with Gasteiger partial charge in [0.15, 0.2) is 6.29 Å². The first-order valence-corrected chi connectivity index (χ1v) is 9.89. The van der Waals surface area contributed by atoms with Crippen molar-refractivity contribution in [2.75, 3.05) is 12.3 Å². The Kier molecular flexibility index (Phi) is 6.73. The Labute approximate surface area is 149 Å². The number of carbonyl (C=O) groups excluding carboxylic acids is 1. The van der Waals surface area contributed by atoms with Crippen LogP contribution < -0.4 is 9.46 Å². The molecule has 2 aromatic carbocycles. The number of hydrogen-bond acceptors (Lipinski definition) is 4. The van der Waals surface area contributed by atoms with Crippen molar-refractivity contribution in [3.05, 3.63) is 54.1 Å². The highest BCUT2D eigenvalue weighted by molar-refractivity contribution is 7.89. The predicted molar refractivity (Wildman–Crippen MR) is 99.4 cm³/mol. The summed E-state index contributed by atoms with van der Waals surface area (Å²) in [7, 11) is -3.23. The number of aldehydes is 1. The van der Waals surface area contributed by atoms with Gasteiger partial charge in [-0.25, -0.2) is 13.1 Å². The molecule has 0 aliphatic rings. The molecule has 25 heavy (non-hydrogen) atoms. The molecule has 2 aromatic rings. The van der Waals surface area contributed by atoms with Crippen LogP contribution in [0.2, 0.25) is 0 Å². The van der Waals surface area contributed by atoms with E-state index in [9.17, 15) is 13.2 Å². The van der Waals surface area contributed by atoms with E-state index < -0.39 is 10.0 Å². The summed E-state index contributed by atoms with van der Waals surface area (Å²) in [5, 5.41) is 0. The maximum Gasteiger partial charge on any atom is 0.211 e. The van der Waals surface area contributed by atoms with Gasteiger partial charge in [-0.15, -0.1) is 0 Å². The lowest BCUT2D eigenvalue weighted by molar-refractivity contribution is 0.112. The van der Waals surface area contributed by atoms with Crippen LogP contribution in [0.25, 0.3) is 11.1 Å². The van der Waals surface area contributed by atoms with Gasteiger partial charge in [-0.3, -0.25) is 4.79 Å². The Bertz CT molecular complexity index is 800. The fourth-order valence-corrected chi connectivity index (χ4v) is 3.61. The van der Waals surface area contributed by atoms with Crippen LogP contribution in [-0.4, -0.2) is 33.1 Å². The van der Waals surface area contributed by atoms with Crippen molar-refractivity contribution >= 4 is 16.3 Å². The molecule has 1 N–H and O–H groups in total. The first-order valence-electron chi connectivity index (χ1n) is 8.24. The summed E-state index contributed by atoms with van der Waals surface area (Å²) in [6.45, 7) is 3.85. The predicted octanol–water partition coefficient (Wildman–Crippen LogP) is 3.26. The summed E-state index contributed by atoms with van der Waals surface area (Å²) >= 11 is 0. The van der Waals surface area contributed by atoms with Gasteiger partial charge in [0.1, 0.15) is 11.9 Å². The molecule has 0 heterocycles. The highest BCUT2D eigenvalue weighted by atomic mass is 32.2. The highest BCUT2D eigenvalue weighted by Gasteiger charge is 2.12. The molecule has 0 amide bonds. The van der Waals surface area contributed by atoms with E-state index in [-0.39, 0.29) is 18.4 Å². The van der Waals surface area contributed by atoms with E-state index in [0.717, 1.165) is 17.4 Å². The van der Waals surface area contributed by atoms with Crippen LogP contribution >= 0.6 is 0 Å². The summed E-state index contributed by atoms with van der Waals surface area (Å²) in [5.74, 6) is 0.763. The SMILES string of the molecule is CCCS(=O)(=O)NCC(C)Oc1ccc(-c2ccccc2C=O)cc1. The standard InChI is InChI=1S/C19H23NO4S/c1-3-12-25(22,23)20-13-15(2)24-18-10-8-16(9-11-18)19-7-5-4-6-17(19)14-21/h4-11,14-15,20H,3,12-13H2,1-2H3. The number of benzene rings is 2. The molecule has 2 rings (SSSR count). The molecule has 0 saturated carbocycles. The fourth-order valence-electron chi connectivity index (χ4n) is 2.43. The third-order valence-electron chi connectivity index (χ3n) is 3.65. The number of rotatable bonds is 9. The molecular formula is C19H23NO4S. The van der Waals surface area contributed by atoms with Crippen LogP contribution in [0.3, 0.4) is 0 Å². The Morgan fingerprint density at radius 3 is 2.44 bits per heavy atom. The molecule has 5 nitrogen and oxygen atoms in total. The zero-order chi connectivity index (χ0) is 18.3. The molecule has 0 spiro atoms. The summed E-state index contributed by atoms with van der Waals surface area (Å²) in [6.07, 6.45) is 1.12. The average Bonchev–Trinajstić information content (AvgIpc) is 2.61. The van der Waals surface area contributed by atoms with Crippen molar-refractivity contribution in [2.45, 2.75) is 26.4 Å². The monoisotopic (exact) mass is 361 g/mol. The van der Waals surface area contributed by atoms with Gasteiger partial charge >= 0.3 is 0 Å². The Balaban J connectivity index is 1.99. The number of hydrogen-bond donors (Lipinski definition) is 1. The Morgan fingerprint density at radius 1 is 1.12 bits per heavy atom. The first kappa shape index (κ1) is 19.1. The van der Waals surface area contributed by atoms with Gasteiger partial charge < -0.3 is 4.74 Å². The van der Waals surface area contributed by atoms with Crippen molar-refractivity contribution in [2.24, 2.45) is 0 Å². The molecule has 0 aromatic heterocycles. The second-order valence-electron chi connectivity index (χ2n) is 5.83. The molecule has 0 radical (unpaired) electrons. The molecule has 0 fully saturated rings. The number of sulfonamides is 1. The van der Waals surface area contributed by atoms with Crippen molar-refractivity contribution in [1.29, 1.82) is 0 Å². The highest BCUT2D eigenvalue weighted by Crippen LogP contribution is 2.25. The van der Waals surface area contributed by atoms with Crippen molar-refractivity contribution in [1.82, 2.24) is 4.72 Å². The minimum Gasteiger partial charge on any atom is -0.489 e. The van der Waals surface area contributed by atoms with Gasteiger partial charge in [0.05, 0.1) is 5.75 Å².